The molecule has 230 valence electrons. The van der Waals surface area contributed by atoms with Gasteiger partial charge in [0.2, 0.25) is 0 Å². The summed E-state index contributed by atoms with van der Waals surface area (Å²) in [5.74, 6) is -3.24. The Hall–Kier alpha value is -2.73. The van der Waals surface area contributed by atoms with E-state index in [1.807, 2.05) is 6.92 Å². The quantitative estimate of drug-likeness (QED) is 0.300. The van der Waals surface area contributed by atoms with Crippen LogP contribution in [0.2, 0.25) is 5.02 Å². The SMILES string of the molecule is CCCC(CC)(N1CCCC1C(=O)C(C)(O)CC)S(=O)(=O)c1cc(O)c(O)c2c1CN(Cc1ccc(F)c(Cl)c1)C2=O. The Balaban J connectivity index is 1.84. The maximum absolute atomic E-state index is 14.8. The molecular formula is C30H38ClFN2O7S. The van der Waals surface area contributed by atoms with Crippen LogP contribution in [0.25, 0.3) is 0 Å². The molecule has 1 amide bonds. The number of benzene rings is 2. The molecule has 4 rings (SSSR count). The Morgan fingerprint density at radius 2 is 1.86 bits per heavy atom. The molecule has 0 aromatic heterocycles. The number of carbonyl (C=O) groups excluding carboxylic acids is 2. The van der Waals surface area contributed by atoms with Crippen LogP contribution < -0.4 is 0 Å². The van der Waals surface area contributed by atoms with Crippen molar-refractivity contribution in [1.29, 1.82) is 0 Å². The molecule has 3 N–H and O–H groups in total. The second-order valence-corrected chi connectivity index (χ2v) is 14.0. The van der Waals surface area contributed by atoms with Gasteiger partial charge in [0, 0.05) is 31.3 Å². The van der Waals surface area contributed by atoms with Gasteiger partial charge < -0.3 is 20.2 Å². The van der Waals surface area contributed by atoms with Crippen LogP contribution >= 0.6 is 11.6 Å². The van der Waals surface area contributed by atoms with E-state index in [4.69, 9.17) is 11.6 Å². The maximum Gasteiger partial charge on any atom is 0.258 e. The Bertz CT molecular complexity index is 1510. The topological polar surface area (TPSA) is 135 Å². The zero-order valence-electron chi connectivity index (χ0n) is 24.3. The fourth-order valence-corrected chi connectivity index (χ4v) is 9.12. The number of aliphatic hydroxyl groups is 1. The number of aromatic hydroxyl groups is 2. The number of hydrogen-bond acceptors (Lipinski definition) is 8. The summed E-state index contributed by atoms with van der Waals surface area (Å²) in [6.07, 6.45) is 1.84. The van der Waals surface area contributed by atoms with Crippen molar-refractivity contribution in [2.24, 2.45) is 0 Å². The molecule has 9 nitrogen and oxygen atoms in total. The minimum atomic E-state index is -4.40. The average Bonchev–Trinajstić information content (AvgIpc) is 3.56. The van der Waals surface area contributed by atoms with Gasteiger partial charge in [-0.15, -0.1) is 0 Å². The van der Waals surface area contributed by atoms with Crippen molar-refractivity contribution in [3.63, 3.8) is 0 Å². The monoisotopic (exact) mass is 624 g/mol. The first-order valence-electron chi connectivity index (χ1n) is 14.3. The van der Waals surface area contributed by atoms with Crippen molar-refractivity contribution >= 4 is 33.1 Å². The third-order valence-corrected chi connectivity index (χ3v) is 11.8. The number of fused-ring (bicyclic) bond motifs is 1. The van der Waals surface area contributed by atoms with Gasteiger partial charge >= 0.3 is 0 Å². The van der Waals surface area contributed by atoms with E-state index >= 15 is 0 Å². The van der Waals surface area contributed by atoms with E-state index in [0.717, 1.165) is 12.1 Å². The predicted octanol–water partition coefficient (Wildman–Crippen LogP) is 4.92. The first kappa shape index (κ1) is 32.2. The van der Waals surface area contributed by atoms with Gasteiger partial charge in [-0.05, 0) is 56.7 Å². The third kappa shape index (κ3) is 5.18. The van der Waals surface area contributed by atoms with Gasteiger partial charge in [-0.25, -0.2) is 12.8 Å². The lowest BCUT2D eigenvalue weighted by Gasteiger charge is -2.44. The molecule has 0 radical (unpaired) electrons. The standard InChI is InChI=1S/C30H38ClFN2O7S/c1-5-12-30(7-3,34-13-8-9-22(34)27(37)29(4,39)6-2)42(40,41)24-15-23(35)26(36)25-19(24)17-33(28(25)38)16-18-10-11-21(32)20(31)14-18/h10-11,14-15,22,35-36,39H,5-9,12-13,16-17H2,1-4H3. The number of Topliss-reactive ketones (excluding diaryl/α,β-unsaturated/α-hetero) is 1. The summed E-state index contributed by atoms with van der Waals surface area (Å²) in [5, 5.41) is 32.0. The van der Waals surface area contributed by atoms with E-state index in [9.17, 15) is 37.7 Å². The summed E-state index contributed by atoms with van der Waals surface area (Å²) in [7, 11) is -4.40. The molecule has 3 atom stereocenters. The molecule has 0 bridgehead atoms. The van der Waals surface area contributed by atoms with E-state index in [0.29, 0.717) is 31.4 Å². The molecule has 2 aromatic carbocycles. The molecule has 1 saturated heterocycles. The number of amides is 1. The second kappa shape index (κ2) is 11.7. The van der Waals surface area contributed by atoms with Crippen LogP contribution in [0.1, 0.15) is 87.7 Å². The number of ketones is 1. The first-order valence-corrected chi connectivity index (χ1v) is 16.1. The Morgan fingerprint density at radius 1 is 1.17 bits per heavy atom. The summed E-state index contributed by atoms with van der Waals surface area (Å²) in [6.45, 7) is 6.77. The zero-order valence-corrected chi connectivity index (χ0v) is 25.9. The molecular weight excluding hydrogens is 587 g/mol. The fourth-order valence-electron chi connectivity index (χ4n) is 6.37. The van der Waals surface area contributed by atoms with Gasteiger partial charge in [0.1, 0.15) is 16.3 Å². The highest BCUT2D eigenvalue weighted by Crippen LogP contribution is 2.48. The number of nitrogens with zero attached hydrogens (tertiary/aromatic N) is 2. The molecule has 0 saturated carbocycles. The molecule has 2 heterocycles. The maximum atomic E-state index is 14.8. The summed E-state index contributed by atoms with van der Waals surface area (Å²) >= 11 is 5.91. The molecule has 0 aliphatic carbocycles. The summed E-state index contributed by atoms with van der Waals surface area (Å²) in [4.78, 5) is 28.0. The Kier molecular flexibility index (Phi) is 9.00. The normalized spacial score (nSPS) is 20.4. The number of carbonyl (C=O) groups is 2. The Morgan fingerprint density at radius 3 is 2.45 bits per heavy atom. The van der Waals surface area contributed by atoms with Crippen molar-refractivity contribution < 1.29 is 37.7 Å². The molecule has 0 spiro atoms. The van der Waals surface area contributed by atoms with Crippen LogP contribution in [0, 0.1) is 5.82 Å². The van der Waals surface area contributed by atoms with E-state index in [2.05, 4.69) is 0 Å². The predicted molar refractivity (Wildman–Crippen MR) is 156 cm³/mol. The molecule has 1 fully saturated rings. The molecule has 12 heteroatoms. The molecule has 3 unspecified atom stereocenters. The lowest BCUT2D eigenvalue weighted by molar-refractivity contribution is -0.142. The average molecular weight is 625 g/mol. The largest absolute Gasteiger partial charge is 0.504 e. The van der Waals surface area contributed by atoms with Crippen LogP contribution in [-0.4, -0.2) is 68.3 Å². The minimum Gasteiger partial charge on any atom is -0.504 e. The first-order chi connectivity index (χ1) is 19.7. The second-order valence-electron chi connectivity index (χ2n) is 11.4. The highest BCUT2D eigenvalue weighted by molar-refractivity contribution is 7.92. The number of hydrogen-bond donors (Lipinski definition) is 3. The van der Waals surface area contributed by atoms with Gasteiger partial charge in [0.05, 0.1) is 21.5 Å². The number of phenolic OH excluding ortho intramolecular Hbond substituents is 2. The highest BCUT2D eigenvalue weighted by Gasteiger charge is 2.55. The summed E-state index contributed by atoms with van der Waals surface area (Å²) < 4.78 is 43.4. The van der Waals surface area contributed by atoms with Crippen LogP contribution in [-0.2, 0) is 27.7 Å². The smallest absolute Gasteiger partial charge is 0.258 e. The molecule has 2 aliphatic heterocycles. The van der Waals surface area contributed by atoms with Crippen LogP contribution in [0.3, 0.4) is 0 Å². The van der Waals surface area contributed by atoms with Crippen molar-refractivity contribution in [2.45, 2.75) is 101 Å². The lowest BCUT2D eigenvalue weighted by atomic mass is 9.90. The molecule has 2 aliphatic rings. The van der Waals surface area contributed by atoms with Gasteiger partial charge in [0.15, 0.2) is 27.1 Å². The number of likely N-dealkylation sites (tertiary alicyclic amines) is 1. The van der Waals surface area contributed by atoms with Crippen molar-refractivity contribution in [3.05, 3.63) is 51.8 Å². The number of rotatable bonds is 11. The van der Waals surface area contributed by atoms with Gasteiger partial charge in [-0.3, -0.25) is 14.5 Å². The summed E-state index contributed by atoms with van der Waals surface area (Å²) in [5.41, 5.74) is -1.41. The molecule has 42 heavy (non-hydrogen) atoms. The van der Waals surface area contributed by atoms with Gasteiger partial charge in [-0.2, -0.15) is 0 Å². The zero-order chi connectivity index (χ0) is 31.2. The van der Waals surface area contributed by atoms with E-state index in [1.165, 1.54) is 24.0 Å². The van der Waals surface area contributed by atoms with Gasteiger partial charge in [-0.1, -0.05) is 44.9 Å². The lowest BCUT2D eigenvalue weighted by Crippen LogP contribution is -2.60. The van der Waals surface area contributed by atoms with Gasteiger partial charge in [0.25, 0.3) is 5.91 Å². The van der Waals surface area contributed by atoms with E-state index in [-0.39, 0.29) is 53.4 Å². The van der Waals surface area contributed by atoms with E-state index < -0.39 is 55.4 Å². The van der Waals surface area contributed by atoms with Crippen LogP contribution in [0.15, 0.2) is 29.2 Å². The fraction of sp³-hybridized carbons (Fsp3) is 0.533. The van der Waals surface area contributed by atoms with E-state index in [1.54, 1.807) is 18.7 Å². The van der Waals surface area contributed by atoms with Crippen molar-refractivity contribution in [2.75, 3.05) is 6.54 Å². The minimum absolute atomic E-state index is 0.0417. The third-order valence-electron chi connectivity index (χ3n) is 8.83. The number of halogens is 2. The molecule has 2 aromatic rings. The van der Waals surface area contributed by atoms with Crippen LogP contribution in [0.5, 0.6) is 11.5 Å². The summed E-state index contributed by atoms with van der Waals surface area (Å²) in [6, 6.07) is 4.12. The van der Waals surface area contributed by atoms with Crippen LogP contribution in [0.4, 0.5) is 4.39 Å². The Labute approximate surface area is 250 Å². The number of sulfone groups is 1. The number of phenols is 2. The highest BCUT2D eigenvalue weighted by atomic mass is 35.5. The van der Waals surface area contributed by atoms with Crippen molar-refractivity contribution in [1.82, 2.24) is 9.80 Å². The van der Waals surface area contributed by atoms with Crippen molar-refractivity contribution in [3.8, 4) is 11.5 Å².